The number of hydrogen-bond acceptors (Lipinski definition) is 4. The molecule has 0 saturated heterocycles. The van der Waals surface area contributed by atoms with Crippen LogP contribution in [0.5, 0.6) is 0 Å². The number of aromatic amines is 1. The summed E-state index contributed by atoms with van der Waals surface area (Å²) in [4.78, 5) is 13.6. The van der Waals surface area contributed by atoms with E-state index in [0.29, 0.717) is 0 Å². The van der Waals surface area contributed by atoms with Crippen LogP contribution in [0.2, 0.25) is 0 Å². The fourth-order valence-corrected chi connectivity index (χ4v) is 4.78. The maximum absolute atomic E-state index is 12.5. The van der Waals surface area contributed by atoms with Crippen LogP contribution in [-0.2, 0) is 6.42 Å². The largest absolute Gasteiger partial charge is 0.345 e. The van der Waals surface area contributed by atoms with Crippen LogP contribution in [0.3, 0.4) is 0 Å². The summed E-state index contributed by atoms with van der Waals surface area (Å²) in [5, 5.41) is 10.2. The van der Waals surface area contributed by atoms with Gasteiger partial charge in [-0.2, -0.15) is 5.10 Å². The van der Waals surface area contributed by atoms with Crippen LogP contribution in [0.15, 0.2) is 40.3 Å². The average molecular weight is 315 g/mol. The molecule has 2 aromatic rings. The van der Waals surface area contributed by atoms with Gasteiger partial charge in [0.05, 0.1) is 26.4 Å². The molecule has 21 heavy (non-hydrogen) atoms. The second-order valence-electron chi connectivity index (χ2n) is 5.00. The van der Waals surface area contributed by atoms with Gasteiger partial charge in [0, 0.05) is 6.20 Å². The lowest BCUT2D eigenvalue weighted by Gasteiger charge is -2.27. The Morgan fingerprint density at radius 3 is 2.95 bits per heavy atom. The summed E-state index contributed by atoms with van der Waals surface area (Å²) in [5.74, 6) is 0.0359. The molecule has 1 amide bonds. The third-order valence-electron chi connectivity index (χ3n) is 3.83. The van der Waals surface area contributed by atoms with E-state index in [9.17, 15) is 4.79 Å². The highest BCUT2D eigenvalue weighted by Gasteiger charge is 2.33. The Labute approximate surface area is 130 Å². The molecule has 0 spiro atoms. The Kier molecular flexibility index (Phi) is 3.01. The first-order valence-corrected chi connectivity index (χ1v) is 8.70. The number of aromatic nitrogens is 2. The third kappa shape index (κ3) is 1.98. The number of fused-ring (bicyclic) bond motifs is 1. The van der Waals surface area contributed by atoms with Gasteiger partial charge < -0.3 is 5.32 Å². The van der Waals surface area contributed by atoms with Gasteiger partial charge in [-0.1, -0.05) is 18.2 Å². The fraction of sp³-hybridized carbons (Fsp3) is 0.200. The van der Waals surface area contributed by atoms with Gasteiger partial charge in [0.15, 0.2) is 0 Å². The molecule has 106 valence electrons. The van der Waals surface area contributed by atoms with Crippen molar-refractivity contribution in [3.63, 3.8) is 0 Å². The van der Waals surface area contributed by atoms with E-state index < -0.39 is 0 Å². The number of hydrogen-bond donors (Lipinski definition) is 2. The lowest BCUT2D eigenvalue weighted by Crippen LogP contribution is -2.42. The quantitative estimate of drug-likeness (QED) is 0.856. The van der Waals surface area contributed by atoms with Crippen LogP contribution in [0, 0.1) is 0 Å². The van der Waals surface area contributed by atoms with Crippen LogP contribution in [-0.4, -0.2) is 28.4 Å². The van der Waals surface area contributed by atoms with Crippen molar-refractivity contribution in [3.05, 3.63) is 47.2 Å². The molecule has 1 aliphatic heterocycles. The van der Waals surface area contributed by atoms with Crippen molar-refractivity contribution in [2.24, 2.45) is 0 Å². The highest BCUT2D eigenvalue weighted by Crippen LogP contribution is 2.43. The van der Waals surface area contributed by atoms with E-state index in [-0.39, 0.29) is 11.9 Å². The number of carbonyl (C=O) groups is 1. The average Bonchev–Trinajstić information content (AvgIpc) is 3.02. The van der Waals surface area contributed by atoms with Gasteiger partial charge >= 0.3 is 0 Å². The van der Waals surface area contributed by atoms with Gasteiger partial charge in [0.1, 0.15) is 0 Å². The van der Waals surface area contributed by atoms with E-state index >= 15 is 0 Å². The number of thiophene rings is 1. The van der Waals surface area contributed by atoms with E-state index in [4.69, 9.17) is 0 Å². The number of allylic oxidation sites excluding steroid dienone is 2. The molecule has 4 nitrogen and oxygen atoms in total. The number of thioether (sulfide) groups is 1. The van der Waals surface area contributed by atoms with Crippen molar-refractivity contribution in [2.75, 3.05) is 6.26 Å². The Bertz CT molecular complexity index is 771. The predicted molar refractivity (Wildman–Crippen MR) is 85.9 cm³/mol. The van der Waals surface area contributed by atoms with Gasteiger partial charge in [-0.25, -0.2) is 0 Å². The molecular weight excluding hydrogens is 302 g/mol. The zero-order valence-electron chi connectivity index (χ0n) is 11.3. The molecule has 4 rings (SSSR count). The zero-order chi connectivity index (χ0) is 14.4. The SMILES string of the molecule is CSc1sc(-c2ccn[nH]2)c2c1C(=O)NC(C1=CC=C1)C2. The molecule has 1 atom stereocenters. The molecule has 0 aromatic carbocycles. The number of rotatable bonds is 3. The van der Waals surface area contributed by atoms with Crippen LogP contribution in [0.4, 0.5) is 0 Å². The molecule has 6 heteroatoms. The topological polar surface area (TPSA) is 57.8 Å². The Balaban J connectivity index is 1.83. The van der Waals surface area contributed by atoms with Crippen molar-refractivity contribution in [1.29, 1.82) is 0 Å². The predicted octanol–water partition coefficient (Wildman–Crippen LogP) is 3.01. The van der Waals surface area contributed by atoms with Crippen molar-refractivity contribution in [2.45, 2.75) is 16.7 Å². The van der Waals surface area contributed by atoms with Crippen LogP contribution < -0.4 is 5.32 Å². The van der Waals surface area contributed by atoms with Crippen molar-refractivity contribution >= 4 is 29.0 Å². The number of amides is 1. The molecule has 2 aromatic heterocycles. The van der Waals surface area contributed by atoms with E-state index in [1.807, 2.05) is 18.4 Å². The molecule has 0 radical (unpaired) electrons. The second-order valence-corrected chi connectivity index (χ2v) is 7.10. The summed E-state index contributed by atoms with van der Waals surface area (Å²) in [6.07, 6.45) is 10.7. The van der Waals surface area contributed by atoms with Crippen LogP contribution in [0.1, 0.15) is 15.9 Å². The minimum atomic E-state index is 0.0359. The fourth-order valence-electron chi connectivity index (χ4n) is 2.74. The summed E-state index contributed by atoms with van der Waals surface area (Å²) in [6.45, 7) is 0. The molecule has 0 saturated carbocycles. The highest BCUT2D eigenvalue weighted by atomic mass is 32.2. The molecule has 2 aliphatic rings. The van der Waals surface area contributed by atoms with Crippen LogP contribution in [0.25, 0.3) is 10.6 Å². The first kappa shape index (κ1) is 12.9. The first-order valence-electron chi connectivity index (χ1n) is 6.66. The normalized spacial score (nSPS) is 19.8. The second kappa shape index (κ2) is 4.89. The number of nitrogens with one attached hydrogen (secondary N) is 2. The summed E-state index contributed by atoms with van der Waals surface area (Å²) in [5.41, 5.74) is 4.17. The molecule has 2 N–H and O–H groups in total. The minimum absolute atomic E-state index is 0.0359. The maximum atomic E-state index is 12.5. The summed E-state index contributed by atoms with van der Waals surface area (Å²) in [7, 11) is 0. The summed E-state index contributed by atoms with van der Waals surface area (Å²) >= 11 is 3.30. The molecule has 0 bridgehead atoms. The zero-order valence-corrected chi connectivity index (χ0v) is 13.0. The molecule has 1 unspecified atom stereocenters. The highest BCUT2D eigenvalue weighted by molar-refractivity contribution is 8.00. The Hall–Kier alpha value is -1.79. The van der Waals surface area contributed by atoms with Crippen LogP contribution >= 0.6 is 23.1 Å². The van der Waals surface area contributed by atoms with E-state index in [0.717, 1.165) is 32.3 Å². The molecule has 0 fully saturated rings. The number of nitrogens with zero attached hydrogens (tertiary/aromatic N) is 1. The van der Waals surface area contributed by atoms with Gasteiger partial charge in [-0.15, -0.1) is 23.1 Å². The van der Waals surface area contributed by atoms with E-state index in [1.165, 1.54) is 5.57 Å². The van der Waals surface area contributed by atoms with Gasteiger partial charge in [0.2, 0.25) is 0 Å². The first-order chi connectivity index (χ1) is 10.3. The molecular formula is C15H13N3OS2. The van der Waals surface area contributed by atoms with E-state index in [2.05, 4.69) is 27.7 Å². The molecule has 1 aliphatic carbocycles. The van der Waals surface area contributed by atoms with Crippen molar-refractivity contribution < 1.29 is 4.79 Å². The monoisotopic (exact) mass is 315 g/mol. The van der Waals surface area contributed by atoms with Crippen molar-refractivity contribution in [1.82, 2.24) is 15.5 Å². The minimum Gasteiger partial charge on any atom is -0.345 e. The Morgan fingerprint density at radius 1 is 1.48 bits per heavy atom. The smallest absolute Gasteiger partial charge is 0.254 e. The number of H-pyrrole nitrogens is 1. The Morgan fingerprint density at radius 2 is 2.33 bits per heavy atom. The van der Waals surface area contributed by atoms with Gasteiger partial charge in [0.25, 0.3) is 5.91 Å². The third-order valence-corrected chi connectivity index (χ3v) is 6.21. The van der Waals surface area contributed by atoms with Crippen molar-refractivity contribution in [3.8, 4) is 10.6 Å². The van der Waals surface area contributed by atoms with E-state index in [1.54, 1.807) is 29.3 Å². The summed E-state index contributed by atoms with van der Waals surface area (Å²) in [6, 6.07) is 2.04. The number of carbonyl (C=O) groups excluding carboxylic acids is 1. The lowest BCUT2D eigenvalue weighted by atomic mass is 9.89. The lowest BCUT2D eigenvalue weighted by molar-refractivity contribution is 0.0930. The maximum Gasteiger partial charge on any atom is 0.254 e. The standard InChI is InChI=1S/C15H13N3OS2/c1-20-15-12-9(13(21-15)10-5-6-16-18-10)7-11(17-14(12)19)8-3-2-4-8/h2-6,11H,7H2,1H3,(H,16,18)(H,17,19). The van der Waals surface area contributed by atoms with Gasteiger partial charge in [-0.3, -0.25) is 9.89 Å². The molecule has 3 heterocycles. The summed E-state index contributed by atoms with van der Waals surface area (Å²) < 4.78 is 1.07. The van der Waals surface area contributed by atoms with Gasteiger partial charge in [-0.05, 0) is 29.9 Å².